The first kappa shape index (κ1) is 16.8. The third-order valence-electron chi connectivity index (χ3n) is 3.68. The Morgan fingerprint density at radius 1 is 1.29 bits per heavy atom. The molecule has 1 rings (SSSR count). The van der Waals surface area contributed by atoms with E-state index in [1.165, 1.54) is 25.3 Å². The number of anilines is 1. The highest BCUT2D eigenvalue weighted by Gasteiger charge is 2.22. The number of urea groups is 1. The van der Waals surface area contributed by atoms with Crippen molar-refractivity contribution in [1.29, 1.82) is 0 Å². The number of ether oxygens (including phenoxy) is 1. The van der Waals surface area contributed by atoms with E-state index in [-0.39, 0.29) is 16.8 Å². The van der Waals surface area contributed by atoms with Gasteiger partial charge >= 0.3 is 12.0 Å². The molecule has 0 saturated carbocycles. The zero-order chi connectivity index (χ0) is 16.0. The van der Waals surface area contributed by atoms with Gasteiger partial charge in [0.2, 0.25) is 0 Å². The Labute approximate surface area is 124 Å². The predicted molar refractivity (Wildman–Crippen MR) is 81.1 cm³/mol. The molecule has 2 amide bonds. The third-order valence-corrected chi connectivity index (χ3v) is 3.68. The van der Waals surface area contributed by atoms with Crippen molar-refractivity contribution in [2.75, 3.05) is 12.4 Å². The average molecular weight is 294 g/mol. The number of hydrogen-bond acceptors (Lipinski definition) is 3. The number of carbonyl (C=O) groups is 2. The molecule has 0 aliphatic carbocycles. The van der Waals surface area contributed by atoms with Gasteiger partial charge in [-0.2, -0.15) is 0 Å². The molecule has 0 unspecified atom stereocenters. The first-order valence-corrected chi connectivity index (χ1v) is 6.85. The lowest BCUT2D eigenvalue weighted by Gasteiger charge is -2.28. The highest BCUT2D eigenvalue weighted by molar-refractivity contribution is 6.00. The third kappa shape index (κ3) is 4.37. The summed E-state index contributed by atoms with van der Waals surface area (Å²) in [7, 11) is 1.48. The highest BCUT2D eigenvalue weighted by atomic mass is 16.5. The highest BCUT2D eigenvalue weighted by Crippen LogP contribution is 2.23. The molecule has 0 bridgehead atoms. The lowest BCUT2D eigenvalue weighted by Crippen LogP contribution is -2.47. The molecular formula is C15H22N2O4. The summed E-state index contributed by atoms with van der Waals surface area (Å²) in [5, 5.41) is 14.6. The van der Waals surface area contributed by atoms with E-state index >= 15 is 0 Å². The molecule has 6 heteroatoms. The molecule has 21 heavy (non-hydrogen) atoms. The van der Waals surface area contributed by atoms with Gasteiger partial charge in [0, 0.05) is 11.6 Å². The number of hydrogen-bond donors (Lipinski definition) is 3. The molecule has 1 aromatic carbocycles. The lowest BCUT2D eigenvalue weighted by atomic mass is 9.96. The van der Waals surface area contributed by atoms with Gasteiger partial charge in [-0.15, -0.1) is 0 Å². The van der Waals surface area contributed by atoms with E-state index in [1.807, 2.05) is 20.8 Å². The number of nitrogens with one attached hydrogen (secondary N) is 2. The number of carboxylic acids is 1. The van der Waals surface area contributed by atoms with Crippen LogP contribution in [0.2, 0.25) is 0 Å². The number of aromatic carboxylic acids is 1. The van der Waals surface area contributed by atoms with Crippen molar-refractivity contribution in [2.24, 2.45) is 0 Å². The fourth-order valence-corrected chi connectivity index (χ4v) is 1.79. The smallest absolute Gasteiger partial charge is 0.337 e. The Kier molecular flexibility index (Phi) is 5.58. The molecule has 3 N–H and O–H groups in total. The second-order valence-corrected chi connectivity index (χ2v) is 5.06. The number of methoxy groups -OCH3 is 1. The van der Waals surface area contributed by atoms with E-state index in [0.29, 0.717) is 5.75 Å². The maximum absolute atomic E-state index is 12.1. The summed E-state index contributed by atoms with van der Waals surface area (Å²) in [6.45, 7) is 5.91. The summed E-state index contributed by atoms with van der Waals surface area (Å²) in [5.41, 5.74) is -0.110. The van der Waals surface area contributed by atoms with Crippen molar-refractivity contribution in [3.8, 4) is 5.75 Å². The zero-order valence-electron chi connectivity index (χ0n) is 12.8. The largest absolute Gasteiger partial charge is 0.497 e. The minimum atomic E-state index is -1.11. The van der Waals surface area contributed by atoms with Crippen LogP contribution in [0.3, 0.4) is 0 Å². The average Bonchev–Trinajstić information content (AvgIpc) is 2.46. The molecule has 0 aliphatic rings. The number of carbonyl (C=O) groups excluding carboxylic acids is 1. The summed E-state index contributed by atoms with van der Waals surface area (Å²) in [5.74, 6) is -0.634. The van der Waals surface area contributed by atoms with Gasteiger partial charge in [0.15, 0.2) is 0 Å². The van der Waals surface area contributed by atoms with Gasteiger partial charge < -0.3 is 20.5 Å². The summed E-state index contributed by atoms with van der Waals surface area (Å²) < 4.78 is 5.05. The van der Waals surface area contributed by atoms with Crippen LogP contribution < -0.4 is 15.4 Å². The molecule has 0 atom stereocenters. The molecule has 0 fully saturated rings. The Morgan fingerprint density at radius 3 is 2.38 bits per heavy atom. The molecular weight excluding hydrogens is 272 g/mol. The quantitative estimate of drug-likeness (QED) is 0.752. The van der Waals surface area contributed by atoms with E-state index in [0.717, 1.165) is 12.8 Å². The minimum Gasteiger partial charge on any atom is -0.497 e. The minimum absolute atomic E-state index is 0.0145. The van der Waals surface area contributed by atoms with Crippen molar-refractivity contribution in [3.63, 3.8) is 0 Å². The molecule has 0 spiro atoms. The Morgan fingerprint density at radius 2 is 1.90 bits per heavy atom. The molecule has 0 aromatic heterocycles. The van der Waals surface area contributed by atoms with Crippen LogP contribution in [-0.4, -0.2) is 29.8 Å². The van der Waals surface area contributed by atoms with Crippen LogP contribution in [0.15, 0.2) is 18.2 Å². The number of amides is 2. The van der Waals surface area contributed by atoms with Gasteiger partial charge in [-0.25, -0.2) is 9.59 Å². The van der Waals surface area contributed by atoms with E-state index in [2.05, 4.69) is 10.6 Å². The van der Waals surface area contributed by atoms with Crippen LogP contribution in [0.1, 0.15) is 44.0 Å². The van der Waals surface area contributed by atoms with E-state index in [9.17, 15) is 9.59 Å². The molecule has 0 saturated heterocycles. The zero-order valence-corrected chi connectivity index (χ0v) is 12.8. The van der Waals surface area contributed by atoms with Crippen molar-refractivity contribution in [2.45, 2.75) is 39.2 Å². The van der Waals surface area contributed by atoms with Gasteiger partial charge in [-0.05, 0) is 31.9 Å². The molecule has 1 aromatic rings. The van der Waals surface area contributed by atoms with Crippen molar-refractivity contribution in [1.82, 2.24) is 5.32 Å². The SMILES string of the molecule is CCC(C)(CC)NC(=O)Nc1cc(OC)ccc1C(=O)O. The van der Waals surface area contributed by atoms with Crippen LogP contribution in [0.5, 0.6) is 5.75 Å². The molecule has 0 aliphatic heterocycles. The van der Waals surface area contributed by atoms with E-state index in [4.69, 9.17) is 9.84 Å². The maximum Gasteiger partial charge on any atom is 0.337 e. The van der Waals surface area contributed by atoms with Gasteiger partial charge in [-0.1, -0.05) is 13.8 Å². The summed E-state index contributed by atoms with van der Waals surface area (Å²) >= 11 is 0. The Bertz CT molecular complexity index is 524. The van der Waals surface area contributed by atoms with Gasteiger partial charge in [0.25, 0.3) is 0 Å². The van der Waals surface area contributed by atoms with Crippen molar-refractivity contribution in [3.05, 3.63) is 23.8 Å². The van der Waals surface area contributed by atoms with Gasteiger partial charge in [0.1, 0.15) is 5.75 Å². The fourth-order valence-electron chi connectivity index (χ4n) is 1.79. The summed E-state index contributed by atoms with van der Waals surface area (Å²) in [6, 6.07) is 3.99. The van der Waals surface area contributed by atoms with Crippen LogP contribution in [-0.2, 0) is 0 Å². The number of carboxylic acid groups (broad SMARTS) is 1. The lowest BCUT2D eigenvalue weighted by molar-refractivity contribution is 0.0698. The number of rotatable bonds is 6. The predicted octanol–water partition coefficient (Wildman–Crippen LogP) is 3.09. The Hall–Kier alpha value is -2.24. The second kappa shape index (κ2) is 6.97. The van der Waals surface area contributed by atoms with E-state index < -0.39 is 12.0 Å². The van der Waals surface area contributed by atoms with Crippen LogP contribution in [0.25, 0.3) is 0 Å². The van der Waals surface area contributed by atoms with Crippen LogP contribution in [0.4, 0.5) is 10.5 Å². The Balaban J connectivity index is 2.95. The molecule has 116 valence electrons. The van der Waals surface area contributed by atoms with Crippen molar-refractivity contribution >= 4 is 17.7 Å². The van der Waals surface area contributed by atoms with Crippen LogP contribution in [0, 0.1) is 0 Å². The van der Waals surface area contributed by atoms with E-state index in [1.54, 1.807) is 0 Å². The standard InChI is InChI=1S/C15H22N2O4/c1-5-15(3,6-2)17-14(20)16-12-9-10(21-4)7-8-11(12)13(18)19/h7-9H,5-6H2,1-4H3,(H,18,19)(H2,16,17,20). The summed E-state index contributed by atoms with van der Waals surface area (Å²) in [4.78, 5) is 23.3. The monoisotopic (exact) mass is 294 g/mol. The first-order valence-electron chi connectivity index (χ1n) is 6.85. The fraction of sp³-hybridized carbons (Fsp3) is 0.467. The topological polar surface area (TPSA) is 87.7 Å². The molecule has 0 radical (unpaired) electrons. The number of benzene rings is 1. The first-order chi connectivity index (χ1) is 9.85. The van der Waals surface area contributed by atoms with Gasteiger partial charge in [-0.3, -0.25) is 0 Å². The van der Waals surface area contributed by atoms with Gasteiger partial charge in [0.05, 0.1) is 18.4 Å². The normalized spacial score (nSPS) is 10.9. The second-order valence-electron chi connectivity index (χ2n) is 5.06. The maximum atomic E-state index is 12.1. The molecule has 6 nitrogen and oxygen atoms in total. The molecule has 0 heterocycles. The van der Waals surface area contributed by atoms with Crippen molar-refractivity contribution < 1.29 is 19.4 Å². The summed E-state index contributed by atoms with van der Waals surface area (Å²) in [6.07, 6.45) is 1.56. The van der Waals surface area contributed by atoms with Crippen LogP contribution >= 0.6 is 0 Å².